The van der Waals surface area contributed by atoms with E-state index in [0.717, 1.165) is 29.3 Å². The normalized spacial score (nSPS) is 10.8. The predicted octanol–water partition coefficient (Wildman–Crippen LogP) is 1.96. The molecule has 1 aromatic rings. The minimum atomic E-state index is 0. The minimum absolute atomic E-state index is 0. The van der Waals surface area contributed by atoms with Gasteiger partial charge in [-0.25, -0.2) is 0 Å². The van der Waals surface area contributed by atoms with Crippen molar-refractivity contribution in [2.24, 2.45) is 5.92 Å². The summed E-state index contributed by atoms with van der Waals surface area (Å²) < 4.78 is 1.72. The summed E-state index contributed by atoms with van der Waals surface area (Å²) in [4.78, 5) is 11.9. The van der Waals surface area contributed by atoms with Gasteiger partial charge in [0, 0.05) is 20.0 Å². The van der Waals surface area contributed by atoms with E-state index in [-0.39, 0.29) is 24.4 Å². The maximum Gasteiger partial charge on any atom is 1.00 e. The Bertz CT molecular complexity index is 349. The van der Waals surface area contributed by atoms with Crippen LogP contribution in [-0.4, -0.2) is 11.7 Å². The topological polar surface area (TPSA) is 17.1 Å². The summed E-state index contributed by atoms with van der Waals surface area (Å²) in [7, 11) is 0.862. The number of halogens is 2. The van der Waals surface area contributed by atoms with E-state index in [2.05, 4.69) is 45.7 Å². The second-order valence-corrected chi connectivity index (χ2v) is 6.43. The molecule has 1 nitrogen and oxygen atoms in total. The molecular weight excluding hydrogens is 346 g/mol. The Labute approximate surface area is 127 Å². The average Bonchev–Trinajstić information content (AvgIpc) is 2.14. The number of carbonyl (C=O) groups is 1. The summed E-state index contributed by atoms with van der Waals surface area (Å²) in [5, 5.41) is 0. The van der Waals surface area contributed by atoms with Gasteiger partial charge in [-0.2, -0.15) is 6.16 Å². The van der Waals surface area contributed by atoms with E-state index in [1.165, 1.54) is 0 Å². The van der Waals surface area contributed by atoms with E-state index in [1.807, 2.05) is 18.2 Å². The van der Waals surface area contributed by atoms with Crippen LogP contribution in [0.15, 0.2) is 27.1 Å². The first kappa shape index (κ1) is 16.9. The van der Waals surface area contributed by atoms with Crippen molar-refractivity contribution in [3.63, 3.8) is 0 Å². The van der Waals surface area contributed by atoms with Gasteiger partial charge in [-0.1, -0.05) is 57.7 Å². The van der Waals surface area contributed by atoms with Crippen LogP contribution in [-0.2, 0) is 0 Å². The molecule has 0 spiro atoms. The zero-order valence-corrected chi connectivity index (χ0v) is 13.7. The van der Waals surface area contributed by atoms with Crippen LogP contribution in [0.4, 0.5) is 0 Å². The maximum atomic E-state index is 11.9. The Hall–Kier alpha value is 0.877. The minimum Gasteiger partial charge on any atom is -0.459 e. The fraction of sp³-hybridized carbons (Fsp3) is 0.364. The molecule has 1 rings (SSSR count). The zero-order chi connectivity index (χ0) is 11.4. The van der Waals surface area contributed by atoms with Crippen molar-refractivity contribution in [2.75, 3.05) is 6.16 Å². The van der Waals surface area contributed by atoms with E-state index in [9.17, 15) is 4.79 Å². The Balaban J connectivity index is 0.00000225. The van der Waals surface area contributed by atoms with Gasteiger partial charge in [-0.15, -0.1) is 0 Å². The van der Waals surface area contributed by atoms with Crippen molar-refractivity contribution < 1.29 is 23.7 Å². The number of rotatable bonds is 4. The number of benzene rings is 1. The molecule has 0 atom stereocenters. The van der Waals surface area contributed by atoms with Crippen LogP contribution < -0.4 is 18.9 Å². The molecule has 0 aliphatic rings. The molecule has 5 heteroatoms. The first-order valence-electron chi connectivity index (χ1n) is 4.68. The van der Waals surface area contributed by atoms with Gasteiger partial charge in [0.1, 0.15) is 0 Å². The smallest absolute Gasteiger partial charge is 0.459 e. The summed E-state index contributed by atoms with van der Waals surface area (Å²) in [5.74, 6) is 0.553. The fourth-order valence-corrected chi connectivity index (χ4v) is 3.64. The number of hydrogen-bond donors (Lipinski definition) is 0. The van der Waals surface area contributed by atoms with Crippen LogP contribution in [0.25, 0.3) is 0 Å². The van der Waals surface area contributed by atoms with Gasteiger partial charge in [0.2, 0.25) is 0 Å². The van der Waals surface area contributed by atoms with Crippen LogP contribution in [0.1, 0.15) is 24.2 Å². The molecule has 1 aromatic carbocycles. The van der Waals surface area contributed by atoms with E-state index in [0.29, 0.717) is 5.92 Å². The Morgan fingerprint density at radius 3 is 2.25 bits per heavy atom. The van der Waals surface area contributed by atoms with Gasteiger partial charge in [-0.3, -0.25) is 0 Å². The first-order valence-corrected chi connectivity index (χ1v) is 7.34. The zero-order valence-electron chi connectivity index (χ0n) is 9.63. The summed E-state index contributed by atoms with van der Waals surface area (Å²) >= 11 is 6.80. The molecule has 0 aromatic heterocycles. The van der Waals surface area contributed by atoms with Crippen molar-refractivity contribution in [1.29, 1.82) is 0 Å². The molecule has 82 valence electrons. The van der Waals surface area contributed by atoms with Gasteiger partial charge < -0.3 is 13.4 Å². The number of hydrogen-bond acceptors (Lipinski definition) is 1. The molecule has 0 saturated carbocycles. The van der Waals surface area contributed by atoms with E-state index < -0.39 is 0 Å². The third-order valence-electron chi connectivity index (χ3n) is 1.78. The molecule has 0 bridgehead atoms. The van der Waals surface area contributed by atoms with Crippen molar-refractivity contribution in [1.82, 2.24) is 0 Å². The first-order chi connectivity index (χ1) is 7.02. The quantitative estimate of drug-likeness (QED) is 0.594. The summed E-state index contributed by atoms with van der Waals surface area (Å²) in [5.41, 5.74) is 0.919. The maximum absolute atomic E-state index is 11.9. The summed E-state index contributed by atoms with van der Waals surface area (Å²) in [6, 6.07) is 5.69. The van der Waals surface area contributed by atoms with Gasteiger partial charge >= 0.3 is 18.9 Å². The Morgan fingerprint density at radius 2 is 1.81 bits per heavy atom. The van der Waals surface area contributed by atoms with Crippen LogP contribution in [0.5, 0.6) is 0 Å². The van der Waals surface area contributed by atoms with Gasteiger partial charge in [-0.05, 0) is 12.1 Å². The fourth-order valence-electron chi connectivity index (χ4n) is 1.05. The Morgan fingerprint density at radius 1 is 1.31 bits per heavy atom. The van der Waals surface area contributed by atoms with Gasteiger partial charge in [0.25, 0.3) is 0 Å². The number of carbonyl (C=O) groups excluding carboxylic acids is 1. The standard InChI is InChI=1S/C11H12Br2OP.Li/c1-7(2)6-15-11(14)10-8(12)4-3-5-9(10)13;/h3-5,7H,6H2,1-2H3;/q-1;+1. The monoisotopic (exact) mass is 356 g/mol. The van der Waals surface area contributed by atoms with Crippen LogP contribution in [0, 0.1) is 5.92 Å². The van der Waals surface area contributed by atoms with Crippen LogP contribution in [0.2, 0.25) is 0 Å². The molecule has 0 amide bonds. The van der Waals surface area contributed by atoms with E-state index in [4.69, 9.17) is 0 Å². The molecule has 0 fully saturated rings. The van der Waals surface area contributed by atoms with Crippen LogP contribution in [0.3, 0.4) is 0 Å². The third-order valence-corrected chi connectivity index (χ3v) is 4.52. The molecule has 0 N–H and O–H groups in total. The van der Waals surface area contributed by atoms with E-state index >= 15 is 0 Å². The second-order valence-electron chi connectivity index (χ2n) is 3.64. The third kappa shape index (κ3) is 5.03. The molecule has 16 heavy (non-hydrogen) atoms. The van der Waals surface area contributed by atoms with Crippen molar-refractivity contribution in [3.8, 4) is 0 Å². The second kappa shape index (κ2) is 8.06. The SMILES string of the molecule is CC(C)C[P-]C(=O)c1c(Br)cccc1Br.[Li+]. The molecule has 0 heterocycles. The summed E-state index contributed by atoms with van der Waals surface area (Å²) in [6.45, 7) is 4.24. The Kier molecular flexibility index (Phi) is 8.50. The molecule has 0 aliphatic carbocycles. The largest absolute Gasteiger partial charge is 1.00 e. The molecular formula is C11H12Br2LiOP. The average molecular weight is 358 g/mol. The van der Waals surface area contributed by atoms with Gasteiger partial charge in [0.15, 0.2) is 0 Å². The molecule has 0 aliphatic heterocycles. The van der Waals surface area contributed by atoms with Crippen LogP contribution >= 0.6 is 40.4 Å². The van der Waals surface area contributed by atoms with Crippen molar-refractivity contribution in [2.45, 2.75) is 13.8 Å². The van der Waals surface area contributed by atoms with Gasteiger partial charge in [0.05, 0.1) is 0 Å². The molecule has 0 unspecified atom stereocenters. The molecule has 0 saturated heterocycles. The van der Waals surface area contributed by atoms with E-state index in [1.54, 1.807) is 0 Å². The molecule has 0 radical (unpaired) electrons. The summed E-state index contributed by atoms with van der Waals surface area (Å²) in [6.07, 6.45) is 0.909. The van der Waals surface area contributed by atoms with Crippen molar-refractivity contribution >= 4 is 46.0 Å². The van der Waals surface area contributed by atoms with Crippen molar-refractivity contribution in [3.05, 3.63) is 32.7 Å². The predicted molar refractivity (Wildman–Crippen MR) is 72.8 cm³/mol.